The Morgan fingerprint density at radius 3 is 2.26 bits per heavy atom. The highest BCUT2D eigenvalue weighted by Crippen LogP contribution is 2.49. The number of benzene rings is 1. The highest BCUT2D eigenvalue weighted by Gasteiger charge is 2.69. The highest BCUT2D eigenvalue weighted by molar-refractivity contribution is 6.11. The van der Waals surface area contributed by atoms with Gasteiger partial charge in [-0.25, -0.2) is 4.79 Å². The molecule has 1 aromatic carbocycles. The standard InChI is InChI=1S/C23H25NO10/c1-12(25)33-16-8-13(6-7-15(16)28-2)20-23(11-32-22(27)34-23)21(26)24(20)14-9-17(29-3)19(31-5)18(10-14)30-4/h6,8-10,15,20H,7,11H2,1-5H3/t15?,20-,23-/m0/s1. The average Bonchev–Trinajstić information content (AvgIpc) is 3.24. The minimum atomic E-state index is -1.55. The zero-order chi connectivity index (χ0) is 24.6. The van der Waals surface area contributed by atoms with Gasteiger partial charge in [-0.3, -0.25) is 14.5 Å². The van der Waals surface area contributed by atoms with Crippen LogP contribution in [0.1, 0.15) is 13.3 Å². The van der Waals surface area contributed by atoms with Crippen molar-refractivity contribution in [2.45, 2.75) is 31.1 Å². The molecule has 34 heavy (non-hydrogen) atoms. The zero-order valence-electron chi connectivity index (χ0n) is 19.4. The summed E-state index contributed by atoms with van der Waals surface area (Å²) in [6, 6.07) is 2.47. The van der Waals surface area contributed by atoms with Gasteiger partial charge in [0, 0.05) is 26.2 Å². The van der Waals surface area contributed by atoms with Crippen molar-refractivity contribution in [3.8, 4) is 17.2 Å². The summed E-state index contributed by atoms with van der Waals surface area (Å²) in [5.74, 6) is 0.355. The molecule has 0 bridgehead atoms. The Morgan fingerprint density at radius 1 is 1.09 bits per heavy atom. The number of carbonyl (C=O) groups is 3. The Morgan fingerprint density at radius 2 is 1.76 bits per heavy atom. The van der Waals surface area contributed by atoms with Crippen LogP contribution in [0.2, 0.25) is 0 Å². The van der Waals surface area contributed by atoms with Crippen LogP contribution < -0.4 is 19.1 Å². The summed E-state index contributed by atoms with van der Waals surface area (Å²) >= 11 is 0. The van der Waals surface area contributed by atoms with E-state index in [0.29, 0.717) is 34.9 Å². The van der Waals surface area contributed by atoms with Crippen LogP contribution in [0.5, 0.6) is 17.2 Å². The number of methoxy groups -OCH3 is 4. The lowest BCUT2D eigenvalue weighted by Crippen LogP contribution is -2.76. The van der Waals surface area contributed by atoms with Gasteiger partial charge in [0.05, 0.1) is 27.0 Å². The first kappa shape index (κ1) is 23.4. The molecule has 1 aliphatic carbocycles. The fraction of sp³-hybridized carbons (Fsp3) is 0.435. The molecule has 11 heteroatoms. The lowest BCUT2D eigenvalue weighted by molar-refractivity contribution is -0.146. The first-order valence-corrected chi connectivity index (χ1v) is 10.4. The quantitative estimate of drug-likeness (QED) is 0.428. The number of nitrogens with zero attached hydrogens (tertiary/aromatic N) is 1. The molecule has 182 valence electrons. The predicted octanol–water partition coefficient (Wildman–Crippen LogP) is 2.13. The lowest BCUT2D eigenvalue weighted by Gasteiger charge is -2.52. The maximum Gasteiger partial charge on any atom is 0.509 e. The van der Waals surface area contributed by atoms with Crippen LogP contribution in [-0.2, 0) is 28.5 Å². The number of hydrogen-bond donors (Lipinski definition) is 0. The van der Waals surface area contributed by atoms with Gasteiger partial charge in [-0.2, -0.15) is 0 Å². The monoisotopic (exact) mass is 475 g/mol. The molecule has 0 aromatic heterocycles. The second-order valence-electron chi connectivity index (χ2n) is 7.80. The third-order valence-corrected chi connectivity index (χ3v) is 5.93. The largest absolute Gasteiger partial charge is 0.509 e. The topological polar surface area (TPSA) is 119 Å². The number of rotatable bonds is 7. The average molecular weight is 475 g/mol. The number of anilines is 1. The van der Waals surface area contributed by atoms with Crippen molar-refractivity contribution in [2.24, 2.45) is 0 Å². The van der Waals surface area contributed by atoms with Crippen LogP contribution >= 0.6 is 0 Å². The van der Waals surface area contributed by atoms with Gasteiger partial charge in [-0.15, -0.1) is 0 Å². The molecule has 1 spiro atoms. The van der Waals surface area contributed by atoms with E-state index in [9.17, 15) is 14.4 Å². The molecule has 0 radical (unpaired) electrons. The Hall–Kier alpha value is -3.73. The molecule has 2 heterocycles. The summed E-state index contributed by atoms with van der Waals surface area (Å²) in [5.41, 5.74) is -0.535. The number of carbonyl (C=O) groups excluding carboxylic acids is 3. The molecule has 0 N–H and O–H groups in total. The molecule has 1 aromatic rings. The number of esters is 1. The SMILES string of the molecule is COc1cc(N2C(=O)[C@]3(COC(=O)O3)[C@@H]2C2=CCC(OC)C(OC(C)=O)=C2)cc(OC)c1OC. The third-order valence-electron chi connectivity index (χ3n) is 5.93. The molecule has 1 unspecified atom stereocenters. The van der Waals surface area contributed by atoms with Crippen molar-refractivity contribution in [3.05, 3.63) is 35.6 Å². The molecular formula is C23H25NO10. The van der Waals surface area contributed by atoms with E-state index >= 15 is 0 Å². The van der Waals surface area contributed by atoms with E-state index in [1.807, 2.05) is 6.08 Å². The first-order chi connectivity index (χ1) is 16.3. The van der Waals surface area contributed by atoms with E-state index in [1.165, 1.54) is 40.3 Å². The van der Waals surface area contributed by atoms with E-state index < -0.39 is 35.8 Å². The smallest absolute Gasteiger partial charge is 0.493 e. The minimum Gasteiger partial charge on any atom is -0.493 e. The van der Waals surface area contributed by atoms with E-state index in [2.05, 4.69) is 0 Å². The van der Waals surface area contributed by atoms with Gasteiger partial charge >= 0.3 is 12.1 Å². The maximum atomic E-state index is 13.4. The van der Waals surface area contributed by atoms with Crippen molar-refractivity contribution in [1.82, 2.24) is 0 Å². The molecule has 11 nitrogen and oxygen atoms in total. The number of hydrogen-bond acceptors (Lipinski definition) is 10. The van der Waals surface area contributed by atoms with Crippen molar-refractivity contribution in [1.29, 1.82) is 0 Å². The minimum absolute atomic E-state index is 0.252. The van der Waals surface area contributed by atoms with Gasteiger partial charge in [0.2, 0.25) is 5.75 Å². The second-order valence-corrected chi connectivity index (χ2v) is 7.80. The molecule has 2 saturated heterocycles. The summed E-state index contributed by atoms with van der Waals surface area (Å²) in [4.78, 5) is 38.4. The zero-order valence-corrected chi connectivity index (χ0v) is 19.4. The summed E-state index contributed by atoms with van der Waals surface area (Å²) in [6.07, 6.45) is 2.44. The van der Waals surface area contributed by atoms with Crippen LogP contribution in [-0.4, -0.2) is 70.8 Å². The van der Waals surface area contributed by atoms with Crippen LogP contribution in [0.4, 0.5) is 10.5 Å². The number of cyclic esters (lactones) is 1. The van der Waals surface area contributed by atoms with Gasteiger partial charge in [-0.05, 0) is 18.1 Å². The van der Waals surface area contributed by atoms with Gasteiger partial charge in [-0.1, -0.05) is 6.08 Å². The fourth-order valence-electron chi connectivity index (χ4n) is 4.42. The predicted molar refractivity (Wildman–Crippen MR) is 116 cm³/mol. The molecule has 0 saturated carbocycles. The highest BCUT2D eigenvalue weighted by atomic mass is 16.8. The Bertz CT molecular complexity index is 1070. The normalized spacial score (nSPS) is 25.6. The van der Waals surface area contributed by atoms with Crippen molar-refractivity contribution in [3.63, 3.8) is 0 Å². The number of amides is 1. The maximum absolute atomic E-state index is 13.4. The second kappa shape index (κ2) is 8.90. The van der Waals surface area contributed by atoms with Crippen LogP contribution in [0, 0.1) is 0 Å². The van der Waals surface area contributed by atoms with Crippen LogP contribution in [0.3, 0.4) is 0 Å². The Balaban J connectivity index is 1.81. The van der Waals surface area contributed by atoms with Gasteiger partial charge in [0.15, 0.2) is 11.5 Å². The van der Waals surface area contributed by atoms with E-state index in [4.69, 9.17) is 33.2 Å². The van der Waals surface area contributed by atoms with Crippen LogP contribution in [0.15, 0.2) is 35.6 Å². The molecular weight excluding hydrogens is 450 g/mol. The van der Waals surface area contributed by atoms with Gasteiger partial charge in [0.25, 0.3) is 11.5 Å². The van der Waals surface area contributed by atoms with E-state index in [-0.39, 0.29) is 12.4 Å². The third kappa shape index (κ3) is 3.61. The van der Waals surface area contributed by atoms with Gasteiger partial charge < -0.3 is 33.2 Å². The summed E-state index contributed by atoms with van der Waals surface area (Å²) in [6.45, 7) is 1.03. The van der Waals surface area contributed by atoms with E-state index in [1.54, 1.807) is 18.2 Å². The van der Waals surface area contributed by atoms with Crippen molar-refractivity contribution >= 4 is 23.7 Å². The molecule has 2 aliphatic heterocycles. The summed E-state index contributed by atoms with van der Waals surface area (Å²) < 4.78 is 37.4. The van der Waals surface area contributed by atoms with E-state index in [0.717, 1.165) is 0 Å². The lowest BCUT2D eigenvalue weighted by atomic mass is 9.76. The number of ether oxygens (including phenoxy) is 7. The fourth-order valence-corrected chi connectivity index (χ4v) is 4.42. The summed E-state index contributed by atoms with van der Waals surface area (Å²) in [7, 11) is 5.91. The van der Waals surface area contributed by atoms with Gasteiger partial charge in [0.1, 0.15) is 24.5 Å². The molecule has 1 amide bonds. The number of β-lactam (4-membered cyclic amide) rings is 1. The Labute approximate surface area is 195 Å². The first-order valence-electron chi connectivity index (χ1n) is 10.4. The molecule has 2 fully saturated rings. The Kier molecular flexibility index (Phi) is 6.13. The van der Waals surface area contributed by atoms with Crippen LogP contribution in [0.25, 0.3) is 0 Å². The molecule has 3 atom stereocenters. The molecule has 4 rings (SSSR count). The summed E-state index contributed by atoms with van der Waals surface area (Å²) in [5, 5.41) is 0. The van der Waals surface area contributed by atoms with Crippen molar-refractivity contribution < 1.29 is 47.5 Å². The van der Waals surface area contributed by atoms with Crippen molar-refractivity contribution in [2.75, 3.05) is 39.9 Å². The molecule has 3 aliphatic rings.